The molecule has 0 atom stereocenters. The van der Waals surface area contributed by atoms with Gasteiger partial charge in [0.15, 0.2) is 0 Å². The molecule has 2 aromatic carbocycles. The second kappa shape index (κ2) is 6.25. The molecule has 9 heteroatoms. The molecule has 0 bridgehead atoms. The molecular formula is C16H12F2N2O4S. The number of hydrogen-bond donors (Lipinski definition) is 1. The average molecular weight is 366 g/mol. The number of carbonyl (C=O) groups excluding carboxylic acids is 2. The molecule has 1 aliphatic rings. The molecule has 1 fully saturated rings. The molecule has 130 valence electrons. The Bertz CT molecular complexity index is 943. The highest BCUT2D eigenvalue weighted by molar-refractivity contribution is 7.92. The summed E-state index contributed by atoms with van der Waals surface area (Å²) >= 11 is 0. The Morgan fingerprint density at radius 3 is 2.08 bits per heavy atom. The zero-order chi connectivity index (χ0) is 18.2. The third kappa shape index (κ3) is 3.36. The van der Waals surface area contributed by atoms with E-state index in [1.165, 1.54) is 24.3 Å². The number of anilines is 2. The summed E-state index contributed by atoms with van der Waals surface area (Å²) in [4.78, 5) is 24.1. The largest absolute Gasteiger partial charge is 0.277 e. The fourth-order valence-electron chi connectivity index (χ4n) is 2.41. The van der Waals surface area contributed by atoms with Gasteiger partial charge < -0.3 is 0 Å². The fraction of sp³-hybridized carbons (Fsp3) is 0.125. The Labute approximate surface area is 142 Å². The number of sulfonamides is 1. The molecular weight excluding hydrogens is 354 g/mol. The van der Waals surface area contributed by atoms with E-state index in [0.717, 1.165) is 17.0 Å². The van der Waals surface area contributed by atoms with Gasteiger partial charge in [-0.05, 0) is 36.4 Å². The Kier molecular flexibility index (Phi) is 4.25. The van der Waals surface area contributed by atoms with E-state index in [9.17, 15) is 26.8 Å². The lowest BCUT2D eigenvalue weighted by Gasteiger charge is -2.14. The molecule has 3 rings (SSSR count). The van der Waals surface area contributed by atoms with Crippen molar-refractivity contribution in [2.24, 2.45) is 0 Å². The van der Waals surface area contributed by atoms with Gasteiger partial charge >= 0.3 is 0 Å². The summed E-state index contributed by atoms with van der Waals surface area (Å²) in [5.74, 6) is -2.59. The van der Waals surface area contributed by atoms with E-state index in [1.807, 2.05) is 4.72 Å². The van der Waals surface area contributed by atoms with Crippen LogP contribution in [0.15, 0.2) is 47.4 Å². The maximum atomic E-state index is 13.6. The number of rotatable bonds is 4. The highest BCUT2D eigenvalue weighted by Crippen LogP contribution is 2.25. The fourth-order valence-corrected chi connectivity index (χ4v) is 3.48. The van der Waals surface area contributed by atoms with Crippen molar-refractivity contribution >= 4 is 33.2 Å². The minimum atomic E-state index is -4.12. The van der Waals surface area contributed by atoms with Crippen molar-refractivity contribution in [3.8, 4) is 0 Å². The molecule has 0 spiro atoms. The van der Waals surface area contributed by atoms with Crippen molar-refractivity contribution in [2.45, 2.75) is 17.7 Å². The third-order valence-electron chi connectivity index (χ3n) is 3.63. The van der Waals surface area contributed by atoms with Crippen LogP contribution in [0.5, 0.6) is 0 Å². The average Bonchev–Trinajstić information content (AvgIpc) is 2.89. The molecule has 0 radical (unpaired) electrons. The molecule has 2 amide bonds. The summed E-state index contributed by atoms with van der Waals surface area (Å²) in [6, 6.07) is 7.47. The maximum absolute atomic E-state index is 13.6. The van der Waals surface area contributed by atoms with E-state index in [-0.39, 0.29) is 35.2 Å². The van der Waals surface area contributed by atoms with Gasteiger partial charge in [-0.2, -0.15) is 0 Å². The van der Waals surface area contributed by atoms with E-state index in [0.29, 0.717) is 6.07 Å². The van der Waals surface area contributed by atoms with Crippen LogP contribution < -0.4 is 9.62 Å². The topological polar surface area (TPSA) is 83.6 Å². The number of halogens is 2. The molecule has 2 aromatic rings. The number of hydrogen-bond acceptors (Lipinski definition) is 4. The van der Waals surface area contributed by atoms with Crippen LogP contribution in [0, 0.1) is 11.6 Å². The lowest BCUT2D eigenvalue weighted by atomic mass is 10.3. The van der Waals surface area contributed by atoms with Crippen LogP contribution in [0.2, 0.25) is 0 Å². The SMILES string of the molecule is O=C1CCC(=O)N1c1ccc(S(=O)(=O)Nc2ccc(F)cc2F)cc1. The zero-order valence-electron chi connectivity index (χ0n) is 12.7. The molecule has 1 saturated heterocycles. The first kappa shape index (κ1) is 17.0. The highest BCUT2D eigenvalue weighted by atomic mass is 32.2. The van der Waals surface area contributed by atoms with Gasteiger partial charge in [-0.3, -0.25) is 19.2 Å². The van der Waals surface area contributed by atoms with Gasteiger partial charge in [0, 0.05) is 18.9 Å². The van der Waals surface area contributed by atoms with Crippen LogP contribution in [0.25, 0.3) is 0 Å². The molecule has 1 aliphatic heterocycles. The van der Waals surface area contributed by atoms with Gasteiger partial charge in [-0.15, -0.1) is 0 Å². The second-order valence-corrected chi connectivity index (χ2v) is 7.03. The first-order valence-electron chi connectivity index (χ1n) is 7.22. The first-order chi connectivity index (χ1) is 11.8. The van der Waals surface area contributed by atoms with Crippen molar-refractivity contribution in [2.75, 3.05) is 9.62 Å². The number of carbonyl (C=O) groups is 2. The molecule has 0 saturated carbocycles. The maximum Gasteiger partial charge on any atom is 0.261 e. The summed E-state index contributed by atoms with van der Waals surface area (Å²) in [5, 5.41) is 0. The lowest BCUT2D eigenvalue weighted by Crippen LogP contribution is -2.28. The van der Waals surface area contributed by atoms with Crippen LogP contribution in [0.3, 0.4) is 0 Å². The van der Waals surface area contributed by atoms with Gasteiger partial charge in [-0.25, -0.2) is 17.2 Å². The molecule has 0 aliphatic carbocycles. The third-order valence-corrected chi connectivity index (χ3v) is 5.01. The monoisotopic (exact) mass is 366 g/mol. The first-order valence-corrected chi connectivity index (χ1v) is 8.70. The van der Waals surface area contributed by atoms with Crippen molar-refractivity contribution in [1.29, 1.82) is 0 Å². The summed E-state index contributed by atoms with van der Waals surface area (Å²) in [6.45, 7) is 0. The predicted octanol–water partition coefficient (Wildman–Crippen LogP) is 2.42. The second-order valence-electron chi connectivity index (χ2n) is 5.35. The summed E-state index contributed by atoms with van der Waals surface area (Å²) in [5.41, 5.74) is -0.130. The van der Waals surface area contributed by atoms with Crippen molar-refractivity contribution in [3.63, 3.8) is 0 Å². The predicted molar refractivity (Wildman–Crippen MR) is 85.3 cm³/mol. The smallest absolute Gasteiger partial charge is 0.261 e. The quantitative estimate of drug-likeness (QED) is 0.843. The minimum absolute atomic E-state index is 0.115. The summed E-state index contributed by atoms with van der Waals surface area (Å²) < 4.78 is 53.1. The molecule has 1 N–H and O–H groups in total. The van der Waals surface area contributed by atoms with Crippen LogP contribution in [-0.2, 0) is 19.6 Å². The van der Waals surface area contributed by atoms with Gasteiger partial charge in [0.25, 0.3) is 10.0 Å². The Morgan fingerprint density at radius 1 is 0.920 bits per heavy atom. The van der Waals surface area contributed by atoms with Crippen LogP contribution in [-0.4, -0.2) is 20.2 Å². The molecule has 0 aromatic heterocycles. The number of nitrogens with zero attached hydrogens (tertiary/aromatic N) is 1. The Morgan fingerprint density at radius 2 is 1.52 bits per heavy atom. The Balaban J connectivity index is 1.85. The molecule has 25 heavy (non-hydrogen) atoms. The van der Waals surface area contributed by atoms with Gasteiger partial charge in [-0.1, -0.05) is 0 Å². The van der Waals surface area contributed by atoms with Crippen LogP contribution >= 0.6 is 0 Å². The van der Waals surface area contributed by atoms with E-state index < -0.39 is 27.3 Å². The van der Waals surface area contributed by atoms with Crippen LogP contribution in [0.4, 0.5) is 20.2 Å². The van der Waals surface area contributed by atoms with E-state index in [4.69, 9.17) is 0 Å². The van der Waals surface area contributed by atoms with E-state index >= 15 is 0 Å². The van der Waals surface area contributed by atoms with E-state index in [1.54, 1.807) is 0 Å². The normalized spacial score (nSPS) is 14.9. The van der Waals surface area contributed by atoms with E-state index in [2.05, 4.69) is 0 Å². The number of benzene rings is 2. The van der Waals surface area contributed by atoms with Gasteiger partial charge in [0.05, 0.1) is 16.3 Å². The summed E-state index contributed by atoms with van der Waals surface area (Å²) in [6.07, 6.45) is 0.231. The number of nitrogens with one attached hydrogen (secondary N) is 1. The standard InChI is InChI=1S/C16H12F2N2O4S/c17-10-1-6-14(13(18)9-10)19-25(23,24)12-4-2-11(3-5-12)20-15(21)7-8-16(20)22/h1-6,9,19H,7-8H2. The molecule has 0 unspecified atom stereocenters. The van der Waals surface area contributed by atoms with Crippen molar-refractivity contribution in [1.82, 2.24) is 0 Å². The van der Waals surface area contributed by atoms with Crippen LogP contribution in [0.1, 0.15) is 12.8 Å². The Hall–Kier alpha value is -2.81. The lowest BCUT2D eigenvalue weighted by molar-refractivity contribution is -0.121. The number of amides is 2. The zero-order valence-corrected chi connectivity index (χ0v) is 13.5. The molecule has 1 heterocycles. The van der Waals surface area contributed by atoms with Crippen molar-refractivity contribution in [3.05, 3.63) is 54.1 Å². The number of imide groups is 1. The minimum Gasteiger partial charge on any atom is -0.277 e. The van der Waals surface area contributed by atoms with Gasteiger partial charge in [0.1, 0.15) is 11.6 Å². The highest BCUT2D eigenvalue weighted by Gasteiger charge is 2.30. The van der Waals surface area contributed by atoms with Crippen molar-refractivity contribution < 1.29 is 26.8 Å². The van der Waals surface area contributed by atoms with Gasteiger partial charge in [0.2, 0.25) is 11.8 Å². The summed E-state index contributed by atoms with van der Waals surface area (Å²) in [7, 11) is -4.12. The molecule has 6 nitrogen and oxygen atoms in total.